The molecule has 1 aromatic heterocycles. The number of aromatic nitrogens is 2. The molecule has 1 amide bonds. The molecule has 1 unspecified atom stereocenters. The SMILES string of the molecule is CC(C)C(CNC(=O)c1cnccn1)N1CCOCC1. The van der Waals surface area contributed by atoms with Crippen LogP contribution in [0.2, 0.25) is 0 Å². The molecular weight excluding hydrogens is 256 g/mol. The first-order valence-electron chi connectivity index (χ1n) is 7.04. The van der Waals surface area contributed by atoms with Crippen LogP contribution in [0.4, 0.5) is 0 Å². The van der Waals surface area contributed by atoms with Gasteiger partial charge in [-0.2, -0.15) is 0 Å². The van der Waals surface area contributed by atoms with E-state index in [-0.39, 0.29) is 5.91 Å². The Morgan fingerprint density at radius 2 is 2.15 bits per heavy atom. The summed E-state index contributed by atoms with van der Waals surface area (Å²) >= 11 is 0. The molecule has 0 spiro atoms. The zero-order valence-electron chi connectivity index (χ0n) is 12.1. The van der Waals surface area contributed by atoms with Crippen molar-refractivity contribution >= 4 is 5.91 Å². The Bertz CT molecular complexity index is 418. The third-order valence-electron chi connectivity index (χ3n) is 3.55. The molecule has 1 fully saturated rings. The molecule has 110 valence electrons. The molecular formula is C14H22N4O2. The van der Waals surface area contributed by atoms with E-state index in [0.717, 1.165) is 26.3 Å². The number of nitrogens with one attached hydrogen (secondary N) is 1. The molecule has 1 N–H and O–H groups in total. The molecule has 1 atom stereocenters. The van der Waals surface area contributed by atoms with Gasteiger partial charge in [-0.15, -0.1) is 0 Å². The van der Waals surface area contributed by atoms with Crippen LogP contribution in [0.25, 0.3) is 0 Å². The van der Waals surface area contributed by atoms with Crippen molar-refractivity contribution in [2.24, 2.45) is 5.92 Å². The molecule has 2 rings (SSSR count). The van der Waals surface area contributed by atoms with Crippen molar-refractivity contribution in [1.29, 1.82) is 0 Å². The monoisotopic (exact) mass is 278 g/mol. The zero-order valence-corrected chi connectivity index (χ0v) is 12.1. The van der Waals surface area contributed by atoms with Gasteiger partial charge in [-0.05, 0) is 5.92 Å². The summed E-state index contributed by atoms with van der Waals surface area (Å²) in [6, 6.07) is 0.319. The number of morpholine rings is 1. The van der Waals surface area contributed by atoms with E-state index >= 15 is 0 Å². The summed E-state index contributed by atoms with van der Waals surface area (Å²) in [4.78, 5) is 22.3. The van der Waals surface area contributed by atoms with E-state index in [9.17, 15) is 4.79 Å². The highest BCUT2D eigenvalue weighted by Crippen LogP contribution is 2.12. The molecule has 0 saturated carbocycles. The van der Waals surface area contributed by atoms with Crippen molar-refractivity contribution in [3.8, 4) is 0 Å². The minimum atomic E-state index is -0.169. The predicted octanol–water partition coefficient (Wildman–Crippen LogP) is 0.563. The predicted molar refractivity (Wildman–Crippen MR) is 75.4 cm³/mol. The van der Waals surface area contributed by atoms with Crippen LogP contribution < -0.4 is 5.32 Å². The quantitative estimate of drug-likeness (QED) is 0.852. The van der Waals surface area contributed by atoms with E-state index in [2.05, 4.69) is 34.0 Å². The molecule has 6 heteroatoms. The number of nitrogens with zero attached hydrogens (tertiary/aromatic N) is 3. The minimum absolute atomic E-state index is 0.169. The lowest BCUT2D eigenvalue weighted by atomic mass is 10.0. The van der Waals surface area contributed by atoms with Gasteiger partial charge in [-0.1, -0.05) is 13.8 Å². The summed E-state index contributed by atoms with van der Waals surface area (Å²) < 4.78 is 5.38. The lowest BCUT2D eigenvalue weighted by Crippen LogP contribution is -2.51. The highest BCUT2D eigenvalue weighted by molar-refractivity contribution is 5.91. The van der Waals surface area contributed by atoms with Crippen LogP contribution in [0.1, 0.15) is 24.3 Å². The van der Waals surface area contributed by atoms with Crippen LogP contribution in [-0.2, 0) is 4.74 Å². The third-order valence-corrected chi connectivity index (χ3v) is 3.55. The highest BCUT2D eigenvalue weighted by Gasteiger charge is 2.24. The maximum atomic E-state index is 12.0. The van der Waals surface area contributed by atoms with Gasteiger partial charge in [-0.3, -0.25) is 14.7 Å². The number of amides is 1. The molecule has 0 aromatic carbocycles. The first kappa shape index (κ1) is 14.9. The molecule has 1 aromatic rings. The standard InChI is InChI=1S/C14H22N4O2/c1-11(2)13(18-5-7-20-8-6-18)10-17-14(19)12-9-15-3-4-16-12/h3-4,9,11,13H,5-8,10H2,1-2H3,(H,17,19). The van der Waals surface area contributed by atoms with Gasteiger partial charge in [0.25, 0.3) is 5.91 Å². The van der Waals surface area contributed by atoms with Crippen molar-refractivity contribution in [1.82, 2.24) is 20.2 Å². The number of carbonyl (C=O) groups is 1. The average molecular weight is 278 g/mol. The van der Waals surface area contributed by atoms with Crippen LogP contribution in [0.15, 0.2) is 18.6 Å². The Hall–Kier alpha value is -1.53. The van der Waals surface area contributed by atoms with Crippen LogP contribution >= 0.6 is 0 Å². The lowest BCUT2D eigenvalue weighted by molar-refractivity contribution is 0.00671. The first-order chi connectivity index (χ1) is 9.68. The van der Waals surface area contributed by atoms with Crippen LogP contribution in [0.5, 0.6) is 0 Å². The van der Waals surface area contributed by atoms with Gasteiger partial charge in [0.05, 0.1) is 19.4 Å². The van der Waals surface area contributed by atoms with Gasteiger partial charge in [0.2, 0.25) is 0 Å². The van der Waals surface area contributed by atoms with Gasteiger partial charge < -0.3 is 10.1 Å². The fourth-order valence-corrected chi connectivity index (χ4v) is 2.40. The fraction of sp³-hybridized carbons (Fsp3) is 0.643. The van der Waals surface area contributed by atoms with Crippen LogP contribution in [0.3, 0.4) is 0 Å². The average Bonchev–Trinajstić information content (AvgIpc) is 2.49. The molecule has 0 radical (unpaired) electrons. The Morgan fingerprint density at radius 1 is 1.40 bits per heavy atom. The second kappa shape index (κ2) is 7.31. The second-order valence-corrected chi connectivity index (χ2v) is 5.26. The highest BCUT2D eigenvalue weighted by atomic mass is 16.5. The van der Waals surface area contributed by atoms with Crippen molar-refractivity contribution in [2.75, 3.05) is 32.8 Å². The Morgan fingerprint density at radius 3 is 2.75 bits per heavy atom. The maximum absolute atomic E-state index is 12.0. The summed E-state index contributed by atoms with van der Waals surface area (Å²) in [5.74, 6) is 0.298. The van der Waals surface area contributed by atoms with E-state index in [1.807, 2.05) is 0 Å². The van der Waals surface area contributed by atoms with Gasteiger partial charge in [-0.25, -0.2) is 4.98 Å². The summed E-state index contributed by atoms with van der Waals surface area (Å²) in [5, 5.41) is 2.95. The molecule has 6 nitrogen and oxygen atoms in total. The summed E-state index contributed by atoms with van der Waals surface area (Å²) in [7, 11) is 0. The number of hydrogen-bond acceptors (Lipinski definition) is 5. The van der Waals surface area contributed by atoms with E-state index in [4.69, 9.17) is 4.74 Å². The molecule has 20 heavy (non-hydrogen) atoms. The zero-order chi connectivity index (χ0) is 14.4. The largest absolute Gasteiger partial charge is 0.379 e. The summed E-state index contributed by atoms with van der Waals surface area (Å²) in [6.07, 6.45) is 4.56. The number of hydrogen-bond donors (Lipinski definition) is 1. The molecule has 2 heterocycles. The Kier molecular flexibility index (Phi) is 5.43. The van der Waals surface area contributed by atoms with E-state index in [1.165, 1.54) is 12.4 Å². The number of ether oxygens (including phenoxy) is 1. The lowest BCUT2D eigenvalue weighted by Gasteiger charge is -2.36. The normalized spacial score (nSPS) is 17.9. The molecule has 1 saturated heterocycles. The van der Waals surface area contributed by atoms with Crippen molar-refractivity contribution in [3.05, 3.63) is 24.3 Å². The smallest absolute Gasteiger partial charge is 0.271 e. The van der Waals surface area contributed by atoms with E-state index in [1.54, 1.807) is 6.20 Å². The van der Waals surface area contributed by atoms with Crippen molar-refractivity contribution in [3.63, 3.8) is 0 Å². The molecule has 0 bridgehead atoms. The number of carbonyl (C=O) groups excluding carboxylic acids is 1. The van der Waals surface area contributed by atoms with Crippen LogP contribution in [-0.4, -0.2) is 59.7 Å². The van der Waals surface area contributed by atoms with Gasteiger partial charge >= 0.3 is 0 Å². The minimum Gasteiger partial charge on any atom is -0.379 e. The number of rotatable bonds is 5. The fourth-order valence-electron chi connectivity index (χ4n) is 2.40. The molecule has 1 aliphatic rings. The van der Waals surface area contributed by atoms with Gasteiger partial charge in [0.15, 0.2) is 0 Å². The maximum Gasteiger partial charge on any atom is 0.271 e. The van der Waals surface area contributed by atoms with Crippen molar-refractivity contribution < 1.29 is 9.53 Å². The Balaban J connectivity index is 1.90. The Labute approximate surface area is 119 Å². The van der Waals surface area contributed by atoms with Gasteiger partial charge in [0.1, 0.15) is 5.69 Å². The first-order valence-corrected chi connectivity index (χ1v) is 7.04. The summed E-state index contributed by atoms with van der Waals surface area (Å²) in [6.45, 7) is 8.34. The topological polar surface area (TPSA) is 67.4 Å². The molecule has 0 aliphatic carbocycles. The van der Waals surface area contributed by atoms with Crippen molar-refractivity contribution in [2.45, 2.75) is 19.9 Å². The summed E-state index contributed by atoms with van der Waals surface area (Å²) in [5.41, 5.74) is 0.358. The third kappa shape index (κ3) is 3.98. The second-order valence-electron chi connectivity index (χ2n) is 5.26. The molecule has 1 aliphatic heterocycles. The van der Waals surface area contributed by atoms with Crippen LogP contribution in [0, 0.1) is 5.92 Å². The van der Waals surface area contributed by atoms with Gasteiger partial charge in [0, 0.05) is 38.1 Å². The van der Waals surface area contributed by atoms with E-state index < -0.39 is 0 Å². The van der Waals surface area contributed by atoms with E-state index in [0.29, 0.717) is 24.2 Å².